The van der Waals surface area contributed by atoms with Gasteiger partial charge in [-0.3, -0.25) is 13.9 Å². The Morgan fingerprint density at radius 1 is 1.03 bits per heavy atom. The molecule has 0 bridgehead atoms. The number of sulfonamides is 1. The summed E-state index contributed by atoms with van der Waals surface area (Å²) in [7, 11) is -2.09. The molecule has 33 heavy (non-hydrogen) atoms. The summed E-state index contributed by atoms with van der Waals surface area (Å²) in [6.45, 7) is 1.73. The van der Waals surface area contributed by atoms with E-state index in [1.807, 2.05) is 0 Å². The van der Waals surface area contributed by atoms with Gasteiger partial charge in [0.1, 0.15) is 6.04 Å². The molecule has 1 N–H and O–H groups in total. The van der Waals surface area contributed by atoms with Crippen LogP contribution in [0.4, 0.5) is 5.69 Å². The first kappa shape index (κ1) is 27.2. The molecule has 7 nitrogen and oxygen atoms in total. The molecule has 0 aliphatic carbocycles. The van der Waals surface area contributed by atoms with Gasteiger partial charge < -0.3 is 10.2 Å². The second kappa shape index (κ2) is 11.9. The average Bonchev–Trinajstić information content (AvgIpc) is 2.75. The molecule has 0 fully saturated rings. The van der Waals surface area contributed by atoms with Gasteiger partial charge in [-0.15, -0.1) is 0 Å². The molecule has 0 spiro atoms. The normalized spacial score (nSPS) is 12.2. The number of carbonyl (C=O) groups excluding carboxylic acids is 2. The summed E-state index contributed by atoms with van der Waals surface area (Å²) in [5, 5.41) is 3.79. The molecule has 0 saturated heterocycles. The van der Waals surface area contributed by atoms with E-state index < -0.39 is 16.1 Å². The molecule has 0 aliphatic rings. The summed E-state index contributed by atoms with van der Waals surface area (Å²) in [4.78, 5) is 26.8. The van der Waals surface area contributed by atoms with E-state index in [9.17, 15) is 18.0 Å². The maximum absolute atomic E-state index is 13.1. The molecular weight excluding hydrogens is 509 g/mol. The molecule has 0 unspecified atom stereocenters. The number of amides is 2. The van der Waals surface area contributed by atoms with Crippen LogP contribution in [-0.2, 0) is 26.2 Å². The monoisotopic (exact) mass is 533 g/mol. The largest absolute Gasteiger partial charge is 0.357 e. The number of hydrogen-bond donors (Lipinski definition) is 1. The van der Waals surface area contributed by atoms with Crippen LogP contribution in [0.25, 0.3) is 0 Å². The molecule has 180 valence electrons. The van der Waals surface area contributed by atoms with Crippen LogP contribution in [0, 0.1) is 0 Å². The Morgan fingerprint density at radius 2 is 1.61 bits per heavy atom. The van der Waals surface area contributed by atoms with Crippen LogP contribution in [0.15, 0.2) is 42.5 Å². The highest BCUT2D eigenvalue weighted by atomic mass is 35.5. The van der Waals surface area contributed by atoms with Gasteiger partial charge in [-0.2, -0.15) is 0 Å². The SMILES string of the molecule is CNC(=O)[C@@H](C)N(Cc1c(Cl)cccc1Cl)C(=O)CCCN(c1ccc(Cl)cc1)S(C)(=O)=O. The lowest BCUT2D eigenvalue weighted by Crippen LogP contribution is -2.47. The van der Waals surface area contributed by atoms with Crippen molar-refractivity contribution in [3.63, 3.8) is 0 Å². The zero-order valence-electron chi connectivity index (χ0n) is 18.5. The molecule has 2 aromatic rings. The van der Waals surface area contributed by atoms with Crippen molar-refractivity contribution in [1.29, 1.82) is 0 Å². The van der Waals surface area contributed by atoms with Crippen LogP contribution < -0.4 is 9.62 Å². The number of hydrogen-bond acceptors (Lipinski definition) is 4. The number of rotatable bonds is 10. The summed E-state index contributed by atoms with van der Waals surface area (Å²) in [5.41, 5.74) is 0.983. The maximum atomic E-state index is 13.1. The number of halogens is 3. The third-order valence-corrected chi connectivity index (χ3v) is 7.22. The van der Waals surface area contributed by atoms with Crippen molar-refractivity contribution in [2.75, 3.05) is 24.2 Å². The van der Waals surface area contributed by atoms with Gasteiger partial charge in [-0.1, -0.05) is 40.9 Å². The quantitative estimate of drug-likeness (QED) is 0.491. The minimum atomic E-state index is -3.58. The van der Waals surface area contributed by atoms with Crippen LogP contribution >= 0.6 is 34.8 Å². The standard InChI is InChI=1S/C22H26Cl3N3O4S/c1-15(22(30)26-2)27(14-18-19(24)6-4-7-20(18)25)21(29)8-5-13-28(33(3,31)32)17-11-9-16(23)10-12-17/h4,6-7,9-12,15H,5,8,13-14H2,1-3H3,(H,26,30)/t15-/m1/s1. The average molecular weight is 535 g/mol. The van der Waals surface area contributed by atoms with E-state index in [2.05, 4.69) is 5.32 Å². The molecule has 0 heterocycles. The van der Waals surface area contributed by atoms with E-state index >= 15 is 0 Å². The number of nitrogens with zero attached hydrogens (tertiary/aromatic N) is 2. The summed E-state index contributed by atoms with van der Waals surface area (Å²) in [6, 6.07) is 10.6. The van der Waals surface area contributed by atoms with Crippen molar-refractivity contribution >= 4 is 62.3 Å². The molecule has 0 radical (unpaired) electrons. The van der Waals surface area contributed by atoms with Gasteiger partial charge in [0.05, 0.1) is 11.9 Å². The van der Waals surface area contributed by atoms with Crippen LogP contribution in [0.1, 0.15) is 25.3 Å². The zero-order valence-corrected chi connectivity index (χ0v) is 21.6. The lowest BCUT2D eigenvalue weighted by molar-refractivity contribution is -0.140. The van der Waals surface area contributed by atoms with Gasteiger partial charge in [0, 0.05) is 47.2 Å². The fourth-order valence-corrected chi connectivity index (χ4v) is 4.86. The lowest BCUT2D eigenvalue weighted by Gasteiger charge is -2.29. The van der Waals surface area contributed by atoms with Crippen LogP contribution in [-0.4, -0.2) is 51.0 Å². The number of benzene rings is 2. The second-order valence-electron chi connectivity index (χ2n) is 7.43. The van der Waals surface area contributed by atoms with E-state index in [0.29, 0.717) is 26.3 Å². The van der Waals surface area contributed by atoms with E-state index in [1.54, 1.807) is 49.4 Å². The topological polar surface area (TPSA) is 86.8 Å². The van der Waals surface area contributed by atoms with Gasteiger partial charge in [0.25, 0.3) is 0 Å². The van der Waals surface area contributed by atoms with Gasteiger partial charge in [0.2, 0.25) is 21.8 Å². The molecule has 0 aliphatic heterocycles. The molecule has 0 aromatic heterocycles. The first-order valence-electron chi connectivity index (χ1n) is 10.1. The van der Waals surface area contributed by atoms with Gasteiger partial charge in [-0.25, -0.2) is 8.42 Å². The van der Waals surface area contributed by atoms with Crippen LogP contribution in [0.2, 0.25) is 15.1 Å². The first-order chi connectivity index (χ1) is 15.5. The van der Waals surface area contributed by atoms with Crippen molar-refractivity contribution in [1.82, 2.24) is 10.2 Å². The summed E-state index contributed by atoms with van der Waals surface area (Å²) in [5.74, 6) is -0.669. The number of anilines is 1. The summed E-state index contributed by atoms with van der Waals surface area (Å²) >= 11 is 18.4. The van der Waals surface area contributed by atoms with Crippen molar-refractivity contribution in [3.8, 4) is 0 Å². The Labute approximate surface area is 209 Å². The number of likely N-dealkylation sites (N-methyl/N-ethyl adjacent to an activating group) is 1. The minimum Gasteiger partial charge on any atom is -0.357 e. The van der Waals surface area contributed by atoms with Gasteiger partial charge >= 0.3 is 0 Å². The summed E-state index contributed by atoms with van der Waals surface area (Å²) in [6.07, 6.45) is 1.35. The highest BCUT2D eigenvalue weighted by Gasteiger charge is 2.27. The maximum Gasteiger partial charge on any atom is 0.242 e. The van der Waals surface area contributed by atoms with Crippen molar-refractivity contribution in [3.05, 3.63) is 63.1 Å². The van der Waals surface area contributed by atoms with Crippen molar-refractivity contribution in [2.45, 2.75) is 32.4 Å². The van der Waals surface area contributed by atoms with Crippen molar-refractivity contribution < 1.29 is 18.0 Å². The Hall–Kier alpha value is -2.00. The van der Waals surface area contributed by atoms with E-state index in [0.717, 1.165) is 6.26 Å². The molecule has 2 rings (SSSR count). The number of carbonyl (C=O) groups is 2. The predicted octanol–water partition coefficient (Wildman–Crippen LogP) is 4.36. The summed E-state index contributed by atoms with van der Waals surface area (Å²) < 4.78 is 25.8. The fraction of sp³-hybridized carbons (Fsp3) is 0.364. The smallest absolute Gasteiger partial charge is 0.242 e. The van der Waals surface area contributed by atoms with E-state index in [-0.39, 0.29) is 37.7 Å². The van der Waals surface area contributed by atoms with Crippen LogP contribution in [0.5, 0.6) is 0 Å². The zero-order chi connectivity index (χ0) is 24.8. The molecule has 0 saturated carbocycles. The lowest BCUT2D eigenvalue weighted by atomic mass is 10.1. The fourth-order valence-electron chi connectivity index (χ4n) is 3.26. The third kappa shape index (κ3) is 7.50. The van der Waals surface area contributed by atoms with Crippen LogP contribution in [0.3, 0.4) is 0 Å². The Morgan fingerprint density at radius 3 is 2.12 bits per heavy atom. The highest BCUT2D eigenvalue weighted by Crippen LogP contribution is 2.27. The highest BCUT2D eigenvalue weighted by molar-refractivity contribution is 7.92. The molecule has 1 atom stereocenters. The van der Waals surface area contributed by atoms with Gasteiger partial charge in [0.15, 0.2) is 0 Å². The predicted molar refractivity (Wildman–Crippen MR) is 133 cm³/mol. The molecule has 2 aromatic carbocycles. The first-order valence-corrected chi connectivity index (χ1v) is 13.1. The Kier molecular flexibility index (Phi) is 9.84. The van der Waals surface area contributed by atoms with Crippen molar-refractivity contribution in [2.24, 2.45) is 0 Å². The molecule has 11 heteroatoms. The Bertz CT molecular complexity index is 1070. The van der Waals surface area contributed by atoms with Gasteiger partial charge in [-0.05, 0) is 49.7 Å². The molecular formula is C22H26Cl3N3O4S. The second-order valence-corrected chi connectivity index (χ2v) is 10.6. The third-order valence-electron chi connectivity index (χ3n) is 5.07. The van der Waals surface area contributed by atoms with E-state index in [1.165, 1.54) is 16.3 Å². The minimum absolute atomic E-state index is 0.0169. The number of nitrogens with one attached hydrogen (secondary N) is 1. The molecule has 2 amide bonds. The van der Waals surface area contributed by atoms with E-state index in [4.69, 9.17) is 34.8 Å². The Balaban J connectivity index is 2.19.